The van der Waals surface area contributed by atoms with E-state index < -0.39 is 12.1 Å². The predicted molar refractivity (Wildman–Crippen MR) is 115 cm³/mol. The Morgan fingerprint density at radius 2 is 1.89 bits per heavy atom. The van der Waals surface area contributed by atoms with Crippen molar-refractivity contribution in [2.24, 2.45) is 4.99 Å². The molecule has 0 radical (unpaired) electrons. The second kappa shape index (κ2) is 10.5. The van der Waals surface area contributed by atoms with Gasteiger partial charge in [0.05, 0.1) is 0 Å². The van der Waals surface area contributed by atoms with E-state index in [0.29, 0.717) is 11.3 Å². The number of hydrogen-bond acceptors (Lipinski definition) is 3. The molecule has 0 aliphatic heterocycles. The lowest BCUT2D eigenvalue weighted by molar-refractivity contribution is -0.145. The fraction of sp³-hybridized carbons (Fsp3) is 0.333. The van der Waals surface area contributed by atoms with Gasteiger partial charge in [0.2, 0.25) is 6.10 Å². The molecule has 2 aromatic carbocycles. The van der Waals surface area contributed by atoms with Crippen molar-refractivity contribution in [3.05, 3.63) is 71.3 Å². The molecule has 4 nitrogen and oxygen atoms in total. The molecule has 148 valence electrons. The zero-order valence-electron chi connectivity index (χ0n) is 17.1. The molecule has 0 bridgehead atoms. The third kappa shape index (κ3) is 5.81. The number of benzene rings is 2. The Hall–Kier alpha value is -2.88. The lowest BCUT2D eigenvalue weighted by atomic mass is 10.0. The van der Waals surface area contributed by atoms with Crippen molar-refractivity contribution in [1.29, 1.82) is 0 Å². The number of rotatable bonds is 9. The third-order valence-corrected chi connectivity index (χ3v) is 4.70. The zero-order chi connectivity index (χ0) is 20.5. The second-order valence-electron chi connectivity index (χ2n) is 6.84. The summed E-state index contributed by atoms with van der Waals surface area (Å²) < 4.78 is 5.98. The molecule has 0 saturated heterocycles. The SMILES string of the molecule is CCc1ccc(OC(C(=O)O)c2ccccc2)c(/C(C)=C/C=NC(C)CC)c1. The summed E-state index contributed by atoms with van der Waals surface area (Å²) >= 11 is 0. The first-order chi connectivity index (χ1) is 13.5. The van der Waals surface area contributed by atoms with Gasteiger partial charge in [-0.25, -0.2) is 4.79 Å². The largest absolute Gasteiger partial charge is 0.478 e. The van der Waals surface area contributed by atoms with Crippen LogP contribution in [-0.4, -0.2) is 23.3 Å². The minimum Gasteiger partial charge on any atom is -0.478 e. The number of carboxylic acid groups (broad SMARTS) is 1. The van der Waals surface area contributed by atoms with Crippen molar-refractivity contribution in [3.63, 3.8) is 0 Å². The van der Waals surface area contributed by atoms with Crippen molar-refractivity contribution in [2.45, 2.75) is 52.7 Å². The molecular formula is C24H29NO3. The number of nitrogens with zero attached hydrogens (tertiary/aromatic N) is 1. The first-order valence-electron chi connectivity index (χ1n) is 9.74. The summed E-state index contributed by atoms with van der Waals surface area (Å²) in [6, 6.07) is 15.2. The fourth-order valence-electron chi connectivity index (χ4n) is 2.72. The van der Waals surface area contributed by atoms with Gasteiger partial charge in [-0.1, -0.05) is 50.2 Å². The fourth-order valence-corrected chi connectivity index (χ4v) is 2.72. The maximum absolute atomic E-state index is 11.8. The molecule has 2 aromatic rings. The van der Waals surface area contributed by atoms with Gasteiger partial charge in [0.15, 0.2) is 0 Å². The van der Waals surface area contributed by atoms with Crippen LogP contribution in [0.1, 0.15) is 56.9 Å². The number of hydrogen-bond donors (Lipinski definition) is 1. The molecule has 1 N–H and O–H groups in total. The first kappa shape index (κ1) is 21.4. The van der Waals surface area contributed by atoms with Crippen LogP contribution in [0.4, 0.5) is 0 Å². The van der Waals surface area contributed by atoms with Crippen LogP contribution in [0.5, 0.6) is 5.75 Å². The van der Waals surface area contributed by atoms with E-state index in [4.69, 9.17) is 4.74 Å². The van der Waals surface area contributed by atoms with Crippen LogP contribution < -0.4 is 4.74 Å². The molecule has 28 heavy (non-hydrogen) atoms. The van der Waals surface area contributed by atoms with Crippen LogP contribution in [0.25, 0.3) is 5.57 Å². The Bertz CT molecular complexity index is 840. The molecule has 0 amide bonds. The monoisotopic (exact) mass is 379 g/mol. The van der Waals surface area contributed by atoms with E-state index in [1.807, 2.05) is 49.5 Å². The van der Waals surface area contributed by atoms with Gasteiger partial charge in [-0.2, -0.15) is 0 Å². The van der Waals surface area contributed by atoms with Gasteiger partial charge in [0.25, 0.3) is 0 Å². The highest BCUT2D eigenvalue weighted by Crippen LogP contribution is 2.31. The van der Waals surface area contributed by atoms with Crippen molar-refractivity contribution >= 4 is 17.8 Å². The van der Waals surface area contributed by atoms with Crippen LogP contribution in [0.3, 0.4) is 0 Å². The number of ether oxygens (including phenoxy) is 1. The minimum atomic E-state index is -1.06. The Labute approximate surface area is 167 Å². The van der Waals surface area contributed by atoms with Gasteiger partial charge in [0, 0.05) is 23.4 Å². The van der Waals surface area contributed by atoms with Crippen LogP contribution in [0.15, 0.2) is 59.6 Å². The summed E-state index contributed by atoms with van der Waals surface area (Å²) in [6.45, 7) is 8.25. The van der Waals surface area contributed by atoms with E-state index in [0.717, 1.165) is 24.0 Å². The predicted octanol–water partition coefficient (Wildman–Crippen LogP) is 5.73. The lowest BCUT2D eigenvalue weighted by Crippen LogP contribution is -2.18. The van der Waals surface area contributed by atoms with Gasteiger partial charge < -0.3 is 9.84 Å². The molecule has 0 heterocycles. The average molecular weight is 380 g/mol. The molecule has 0 fully saturated rings. The number of allylic oxidation sites excluding steroid dienone is 2. The molecule has 0 spiro atoms. The molecule has 2 atom stereocenters. The molecular weight excluding hydrogens is 350 g/mol. The van der Waals surface area contributed by atoms with E-state index in [9.17, 15) is 9.90 Å². The van der Waals surface area contributed by atoms with Crippen molar-refractivity contribution in [1.82, 2.24) is 0 Å². The van der Waals surface area contributed by atoms with Gasteiger partial charge in [-0.3, -0.25) is 4.99 Å². The summed E-state index contributed by atoms with van der Waals surface area (Å²) in [6.07, 6.45) is 4.58. The Morgan fingerprint density at radius 3 is 2.50 bits per heavy atom. The van der Waals surface area contributed by atoms with Crippen LogP contribution in [-0.2, 0) is 11.2 Å². The van der Waals surface area contributed by atoms with Crippen molar-refractivity contribution < 1.29 is 14.6 Å². The maximum Gasteiger partial charge on any atom is 0.349 e. The van der Waals surface area contributed by atoms with Gasteiger partial charge >= 0.3 is 5.97 Å². The second-order valence-corrected chi connectivity index (χ2v) is 6.84. The van der Waals surface area contributed by atoms with Gasteiger partial charge in [-0.15, -0.1) is 0 Å². The number of carbonyl (C=O) groups is 1. The molecule has 2 unspecified atom stereocenters. The summed E-state index contributed by atoms with van der Waals surface area (Å²) in [5.74, 6) is -0.462. The summed E-state index contributed by atoms with van der Waals surface area (Å²) in [4.78, 5) is 16.3. The first-order valence-corrected chi connectivity index (χ1v) is 9.74. The third-order valence-electron chi connectivity index (χ3n) is 4.70. The summed E-state index contributed by atoms with van der Waals surface area (Å²) in [5.41, 5.74) is 3.65. The molecule has 4 heteroatoms. The molecule has 2 rings (SSSR count). The maximum atomic E-state index is 11.8. The highest BCUT2D eigenvalue weighted by Gasteiger charge is 2.23. The smallest absolute Gasteiger partial charge is 0.349 e. The molecule has 0 saturated carbocycles. The summed E-state index contributed by atoms with van der Waals surface area (Å²) in [7, 11) is 0. The zero-order valence-corrected chi connectivity index (χ0v) is 17.1. The molecule has 0 aromatic heterocycles. The molecule has 0 aliphatic rings. The number of aryl methyl sites for hydroxylation is 1. The van der Waals surface area contributed by atoms with Crippen LogP contribution >= 0.6 is 0 Å². The Kier molecular flexibility index (Phi) is 8.00. The minimum absolute atomic E-state index is 0.274. The summed E-state index contributed by atoms with van der Waals surface area (Å²) in [5, 5.41) is 9.69. The normalized spacial score (nSPS) is 14.1. The van der Waals surface area contributed by atoms with E-state index in [1.54, 1.807) is 12.1 Å². The van der Waals surface area contributed by atoms with Crippen LogP contribution in [0, 0.1) is 0 Å². The quantitative estimate of drug-likeness (QED) is 0.566. The van der Waals surface area contributed by atoms with E-state index in [1.165, 1.54) is 5.56 Å². The Balaban J connectivity index is 2.39. The van der Waals surface area contributed by atoms with E-state index >= 15 is 0 Å². The van der Waals surface area contributed by atoms with E-state index in [-0.39, 0.29) is 6.04 Å². The van der Waals surface area contributed by atoms with Crippen molar-refractivity contribution in [2.75, 3.05) is 0 Å². The number of aliphatic carboxylic acids is 1. The topological polar surface area (TPSA) is 58.9 Å². The highest BCUT2D eigenvalue weighted by atomic mass is 16.5. The van der Waals surface area contributed by atoms with Crippen LogP contribution in [0.2, 0.25) is 0 Å². The van der Waals surface area contributed by atoms with Gasteiger partial charge in [-0.05, 0) is 56.0 Å². The lowest BCUT2D eigenvalue weighted by Gasteiger charge is -2.19. The standard InChI is InChI=1S/C24H29NO3/c1-5-18(4)25-15-14-17(3)21-16-19(6-2)12-13-22(21)28-23(24(26)27)20-10-8-7-9-11-20/h7-16,18,23H,5-6H2,1-4H3,(H,26,27)/b17-14+,25-15?. The number of carboxylic acids is 1. The molecule has 0 aliphatic carbocycles. The van der Waals surface area contributed by atoms with Gasteiger partial charge in [0.1, 0.15) is 5.75 Å². The Morgan fingerprint density at radius 1 is 1.18 bits per heavy atom. The number of aliphatic imine (C=N–C) groups is 1. The highest BCUT2D eigenvalue weighted by molar-refractivity contribution is 5.85. The average Bonchev–Trinajstić information content (AvgIpc) is 2.72. The van der Waals surface area contributed by atoms with E-state index in [2.05, 4.69) is 31.8 Å². The van der Waals surface area contributed by atoms with Crippen molar-refractivity contribution in [3.8, 4) is 5.75 Å².